The molecule has 6 nitrogen and oxygen atoms in total. The van der Waals surface area contributed by atoms with Crippen LogP contribution in [0.15, 0.2) is 53.5 Å². The minimum Gasteiger partial charge on any atom is -0.369 e. The van der Waals surface area contributed by atoms with Crippen molar-refractivity contribution < 1.29 is 14.0 Å². The average Bonchev–Trinajstić information content (AvgIpc) is 2.70. The van der Waals surface area contributed by atoms with Crippen molar-refractivity contribution in [2.24, 2.45) is 16.6 Å². The van der Waals surface area contributed by atoms with Crippen LogP contribution in [0.5, 0.6) is 0 Å². The lowest BCUT2D eigenvalue weighted by Crippen LogP contribution is -2.51. The molecule has 0 bridgehead atoms. The predicted octanol–water partition coefficient (Wildman–Crippen LogP) is 3.22. The molecule has 0 saturated heterocycles. The van der Waals surface area contributed by atoms with Crippen LogP contribution >= 0.6 is 0 Å². The molecule has 0 radical (unpaired) electrons. The molecule has 2 amide bonds. The molecular formula is C23H27FN4O2. The van der Waals surface area contributed by atoms with Crippen LogP contribution in [0.3, 0.4) is 0 Å². The molecule has 1 atom stereocenters. The van der Waals surface area contributed by atoms with Gasteiger partial charge in [0.25, 0.3) is 5.91 Å². The SMILES string of the molecule is CC(C)[C@]1(C)CC(=O)N(Cc2ccc(C(=O)NCc3ccc(F)cc3)cc2)C(N)=N1. The van der Waals surface area contributed by atoms with Crippen molar-refractivity contribution in [3.63, 3.8) is 0 Å². The molecule has 1 heterocycles. The van der Waals surface area contributed by atoms with Gasteiger partial charge in [0.05, 0.1) is 18.5 Å². The van der Waals surface area contributed by atoms with E-state index < -0.39 is 5.54 Å². The fourth-order valence-corrected chi connectivity index (χ4v) is 3.22. The van der Waals surface area contributed by atoms with Gasteiger partial charge in [-0.15, -0.1) is 0 Å². The summed E-state index contributed by atoms with van der Waals surface area (Å²) in [5.41, 5.74) is 7.76. The van der Waals surface area contributed by atoms with Crippen molar-refractivity contribution in [2.75, 3.05) is 0 Å². The van der Waals surface area contributed by atoms with Gasteiger partial charge in [-0.25, -0.2) is 9.38 Å². The van der Waals surface area contributed by atoms with Crippen LogP contribution in [0.1, 0.15) is 48.7 Å². The highest BCUT2D eigenvalue weighted by molar-refractivity contribution is 5.99. The first-order valence-corrected chi connectivity index (χ1v) is 9.95. The number of carbonyl (C=O) groups is 2. The smallest absolute Gasteiger partial charge is 0.251 e. The van der Waals surface area contributed by atoms with Gasteiger partial charge in [0.15, 0.2) is 5.96 Å². The molecule has 0 spiro atoms. The predicted molar refractivity (Wildman–Crippen MR) is 114 cm³/mol. The highest BCUT2D eigenvalue weighted by Gasteiger charge is 2.38. The summed E-state index contributed by atoms with van der Waals surface area (Å²) in [5.74, 6) is -0.167. The first kappa shape index (κ1) is 21.5. The first-order chi connectivity index (χ1) is 14.2. The minimum absolute atomic E-state index is 0.0557. The van der Waals surface area contributed by atoms with E-state index in [0.29, 0.717) is 25.1 Å². The van der Waals surface area contributed by atoms with Gasteiger partial charge >= 0.3 is 0 Å². The van der Waals surface area contributed by atoms with Crippen LogP contribution in [-0.2, 0) is 17.9 Å². The lowest BCUT2D eigenvalue weighted by Gasteiger charge is -2.37. The van der Waals surface area contributed by atoms with E-state index in [2.05, 4.69) is 10.3 Å². The number of amides is 2. The Morgan fingerprint density at radius 3 is 2.33 bits per heavy atom. The van der Waals surface area contributed by atoms with Crippen molar-refractivity contribution in [2.45, 2.75) is 45.8 Å². The average molecular weight is 410 g/mol. The molecule has 0 aliphatic carbocycles. The Morgan fingerprint density at radius 2 is 1.77 bits per heavy atom. The molecular weight excluding hydrogens is 383 g/mol. The summed E-state index contributed by atoms with van der Waals surface area (Å²) in [7, 11) is 0. The molecule has 2 aromatic carbocycles. The van der Waals surface area contributed by atoms with Crippen LogP contribution < -0.4 is 11.1 Å². The van der Waals surface area contributed by atoms with Crippen molar-refractivity contribution in [1.29, 1.82) is 0 Å². The molecule has 1 aliphatic rings. The third-order valence-corrected chi connectivity index (χ3v) is 5.62. The Morgan fingerprint density at radius 1 is 1.17 bits per heavy atom. The molecule has 0 aromatic heterocycles. The number of hydrogen-bond acceptors (Lipinski definition) is 4. The number of nitrogens with one attached hydrogen (secondary N) is 1. The number of carbonyl (C=O) groups excluding carboxylic acids is 2. The van der Waals surface area contributed by atoms with Gasteiger partial charge < -0.3 is 11.1 Å². The van der Waals surface area contributed by atoms with E-state index in [1.54, 1.807) is 36.4 Å². The molecule has 30 heavy (non-hydrogen) atoms. The standard InChI is InChI=1S/C23H27FN4O2/c1-15(2)23(3)12-20(29)28(22(25)27-23)14-17-4-8-18(9-5-17)21(30)26-13-16-6-10-19(24)11-7-16/h4-11,15H,12-14H2,1-3H3,(H2,25,27)(H,26,30)/t23-/m0/s1. The molecule has 1 aliphatic heterocycles. The Bertz CT molecular complexity index is 954. The summed E-state index contributed by atoms with van der Waals surface area (Å²) in [6, 6.07) is 13.0. The second-order valence-electron chi connectivity index (χ2n) is 8.14. The van der Waals surface area contributed by atoms with Gasteiger partial charge in [0, 0.05) is 12.1 Å². The van der Waals surface area contributed by atoms with E-state index in [-0.39, 0.29) is 29.5 Å². The quantitative estimate of drug-likeness (QED) is 0.766. The largest absolute Gasteiger partial charge is 0.369 e. The van der Waals surface area contributed by atoms with E-state index in [1.165, 1.54) is 17.0 Å². The fraction of sp³-hybridized carbons (Fsp3) is 0.348. The molecule has 3 N–H and O–H groups in total. The second kappa shape index (κ2) is 8.65. The summed E-state index contributed by atoms with van der Waals surface area (Å²) >= 11 is 0. The van der Waals surface area contributed by atoms with E-state index in [1.807, 2.05) is 20.8 Å². The minimum atomic E-state index is -0.482. The lowest BCUT2D eigenvalue weighted by molar-refractivity contribution is -0.130. The van der Waals surface area contributed by atoms with Gasteiger partial charge in [-0.2, -0.15) is 0 Å². The zero-order valence-electron chi connectivity index (χ0n) is 17.5. The number of halogens is 1. The lowest BCUT2D eigenvalue weighted by atomic mass is 9.84. The molecule has 0 fully saturated rings. The van der Waals surface area contributed by atoms with Crippen molar-refractivity contribution >= 4 is 17.8 Å². The maximum Gasteiger partial charge on any atom is 0.251 e. The van der Waals surface area contributed by atoms with Crippen LogP contribution in [0.25, 0.3) is 0 Å². The summed E-state index contributed by atoms with van der Waals surface area (Å²) in [6.45, 7) is 6.61. The topological polar surface area (TPSA) is 87.8 Å². The maximum atomic E-state index is 13.0. The number of hydrogen-bond donors (Lipinski definition) is 2. The van der Waals surface area contributed by atoms with Gasteiger partial charge in [-0.05, 0) is 48.2 Å². The normalized spacial score (nSPS) is 19.0. The van der Waals surface area contributed by atoms with E-state index in [9.17, 15) is 14.0 Å². The molecule has 2 aromatic rings. The Hall–Kier alpha value is -3.22. The van der Waals surface area contributed by atoms with Gasteiger partial charge in [0.1, 0.15) is 5.82 Å². The molecule has 3 rings (SSSR count). The maximum absolute atomic E-state index is 13.0. The van der Waals surface area contributed by atoms with Gasteiger partial charge in [-0.3, -0.25) is 14.5 Å². The monoisotopic (exact) mass is 410 g/mol. The van der Waals surface area contributed by atoms with Crippen LogP contribution in [0, 0.1) is 11.7 Å². The number of nitrogens with zero attached hydrogens (tertiary/aromatic N) is 2. The highest BCUT2D eigenvalue weighted by atomic mass is 19.1. The third-order valence-electron chi connectivity index (χ3n) is 5.62. The summed E-state index contributed by atoms with van der Waals surface area (Å²) in [4.78, 5) is 31.0. The van der Waals surface area contributed by atoms with Crippen LogP contribution in [0.2, 0.25) is 0 Å². The highest BCUT2D eigenvalue weighted by Crippen LogP contribution is 2.30. The zero-order chi connectivity index (χ0) is 21.9. The van der Waals surface area contributed by atoms with Crippen molar-refractivity contribution in [3.8, 4) is 0 Å². The van der Waals surface area contributed by atoms with Crippen LogP contribution in [0.4, 0.5) is 4.39 Å². The van der Waals surface area contributed by atoms with E-state index in [4.69, 9.17) is 5.73 Å². The fourth-order valence-electron chi connectivity index (χ4n) is 3.22. The number of guanidine groups is 1. The van der Waals surface area contributed by atoms with Gasteiger partial charge in [0.2, 0.25) is 5.91 Å². The number of rotatable bonds is 6. The van der Waals surface area contributed by atoms with E-state index >= 15 is 0 Å². The van der Waals surface area contributed by atoms with Crippen molar-refractivity contribution in [3.05, 3.63) is 71.0 Å². The summed E-state index contributed by atoms with van der Waals surface area (Å²) in [6.07, 6.45) is 0.315. The Kier molecular flexibility index (Phi) is 6.20. The third kappa shape index (κ3) is 4.84. The van der Waals surface area contributed by atoms with E-state index in [0.717, 1.165) is 11.1 Å². The Labute approximate surface area is 176 Å². The van der Waals surface area contributed by atoms with Crippen LogP contribution in [-0.4, -0.2) is 28.2 Å². The summed E-state index contributed by atoms with van der Waals surface area (Å²) < 4.78 is 13.0. The van der Waals surface area contributed by atoms with Gasteiger partial charge in [-0.1, -0.05) is 38.1 Å². The number of benzene rings is 2. The Balaban J connectivity index is 1.62. The zero-order valence-corrected chi connectivity index (χ0v) is 17.5. The number of aliphatic imine (C=N–C) groups is 1. The molecule has 7 heteroatoms. The molecule has 158 valence electrons. The molecule has 0 saturated carbocycles. The summed E-state index contributed by atoms with van der Waals surface area (Å²) in [5, 5.41) is 2.80. The molecule has 0 unspecified atom stereocenters. The number of nitrogens with two attached hydrogens (primary N) is 1. The second-order valence-corrected chi connectivity index (χ2v) is 8.14. The van der Waals surface area contributed by atoms with Crippen molar-refractivity contribution in [1.82, 2.24) is 10.2 Å². The first-order valence-electron chi connectivity index (χ1n) is 9.95.